The lowest BCUT2D eigenvalue weighted by atomic mass is 10.2. The maximum absolute atomic E-state index is 11.8. The smallest absolute Gasteiger partial charge is 0.282 e. The molecule has 0 radical (unpaired) electrons. The molecule has 0 aromatic carbocycles. The summed E-state index contributed by atoms with van der Waals surface area (Å²) in [5.41, 5.74) is 0. The number of hydrogen-bond donors (Lipinski definition) is 1. The Hall–Kier alpha value is -1.02. The average molecular weight is 319 g/mol. The van der Waals surface area contributed by atoms with Gasteiger partial charge in [0.15, 0.2) is 0 Å². The summed E-state index contributed by atoms with van der Waals surface area (Å²) in [7, 11) is -3.39. The lowest BCUT2D eigenvalue weighted by Gasteiger charge is -2.01. The molecule has 0 aliphatic carbocycles. The highest BCUT2D eigenvalue weighted by molar-refractivity contribution is 7.93. The highest BCUT2D eigenvalue weighted by Crippen LogP contribution is 2.17. The Kier molecular flexibility index (Phi) is 7.08. The molecule has 114 valence electrons. The number of rotatable bonds is 9. The fourth-order valence-electron chi connectivity index (χ4n) is 1.61. The third kappa shape index (κ3) is 5.16. The van der Waals surface area contributed by atoms with Gasteiger partial charge in [0.25, 0.3) is 5.91 Å². The maximum atomic E-state index is 11.8. The number of aromatic nitrogens is 2. The van der Waals surface area contributed by atoms with Gasteiger partial charge in [0.05, 0.1) is 5.75 Å². The van der Waals surface area contributed by atoms with E-state index in [2.05, 4.69) is 22.4 Å². The van der Waals surface area contributed by atoms with E-state index in [-0.39, 0.29) is 21.0 Å². The number of nitrogens with zero attached hydrogens (tertiary/aromatic N) is 2. The molecule has 20 heavy (non-hydrogen) atoms. The minimum atomic E-state index is -3.39. The quantitative estimate of drug-likeness (QED) is 0.703. The highest BCUT2D eigenvalue weighted by Gasteiger charge is 2.21. The Morgan fingerprint density at radius 1 is 1.15 bits per heavy atom. The molecule has 0 unspecified atom stereocenters. The molecular formula is C12H21N3O3S2. The van der Waals surface area contributed by atoms with E-state index in [0.717, 1.165) is 37.0 Å². The van der Waals surface area contributed by atoms with Crippen molar-refractivity contribution in [3.05, 3.63) is 5.01 Å². The van der Waals surface area contributed by atoms with Crippen molar-refractivity contribution in [2.45, 2.75) is 50.3 Å². The Labute approximate surface area is 123 Å². The van der Waals surface area contributed by atoms with Crippen molar-refractivity contribution in [3.63, 3.8) is 0 Å². The zero-order chi connectivity index (χ0) is 15.0. The van der Waals surface area contributed by atoms with E-state index in [1.54, 1.807) is 6.92 Å². The first-order valence-corrected chi connectivity index (χ1v) is 9.32. The van der Waals surface area contributed by atoms with E-state index in [4.69, 9.17) is 0 Å². The number of nitrogens with one attached hydrogen (secondary N) is 1. The number of sulfone groups is 1. The van der Waals surface area contributed by atoms with Crippen LogP contribution in [-0.4, -0.2) is 36.8 Å². The number of carbonyl (C=O) groups excluding carboxylic acids is 1. The molecule has 0 atom stereocenters. The van der Waals surface area contributed by atoms with E-state index in [1.807, 2.05) is 0 Å². The van der Waals surface area contributed by atoms with Gasteiger partial charge in [-0.25, -0.2) is 8.42 Å². The Balaban J connectivity index is 2.52. The summed E-state index contributed by atoms with van der Waals surface area (Å²) in [4.78, 5) is 11.8. The highest BCUT2D eigenvalue weighted by atomic mass is 32.2. The van der Waals surface area contributed by atoms with Crippen LogP contribution in [0.5, 0.6) is 0 Å². The van der Waals surface area contributed by atoms with Crippen molar-refractivity contribution in [2.24, 2.45) is 0 Å². The van der Waals surface area contributed by atoms with Gasteiger partial charge in [-0.3, -0.25) is 4.79 Å². The fourth-order valence-corrected chi connectivity index (χ4v) is 3.98. The molecule has 8 heteroatoms. The molecule has 0 aliphatic heterocycles. The minimum Gasteiger partial charge on any atom is -0.350 e. The van der Waals surface area contributed by atoms with Crippen molar-refractivity contribution in [2.75, 3.05) is 12.3 Å². The number of carbonyl (C=O) groups is 1. The van der Waals surface area contributed by atoms with Crippen LogP contribution in [0, 0.1) is 0 Å². The third-order valence-electron chi connectivity index (χ3n) is 2.66. The molecule has 0 fully saturated rings. The van der Waals surface area contributed by atoms with Crippen molar-refractivity contribution in [3.8, 4) is 0 Å². The van der Waals surface area contributed by atoms with Gasteiger partial charge in [-0.05, 0) is 12.8 Å². The molecule has 0 spiro atoms. The monoisotopic (exact) mass is 319 g/mol. The van der Waals surface area contributed by atoms with Crippen LogP contribution < -0.4 is 5.32 Å². The predicted molar refractivity (Wildman–Crippen MR) is 78.7 cm³/mol. The first kappa shape index (κ1) is 17.0. The maximum Gasteiger partial charge on any atom is 0.282 e. The van der Waals surface area contributed by atoms with E-state index >= 15 is 0 Å². The Morgan fingerprint density at radius 3 is 2.55 bits per heavy atom. The van der Waals surface area contributed by atoms with Gasteiger partial charge in [-0.1, -0.05) is 44.4 Å². The van der Waals surface area contributed by atoms with Crippen LogP contribution in [0.4, 0.5) is 0 Å². The van der Waals surface area contributed by atoms with Gasteiger partial charge in [0.2, 0.25) is 19.2 Å². The van der Waals surface area contributed by atoms with Crippen LogP contribution >= 0.6 is 11.3 Å². The summed E-state index contributed by atoms with van der Waals surface area (Å²) < 4.78 is 23.5. The van der Waals surface area contributed by atoms with E-state index in [1.165, 1.54) is 0 Å². The molecule has 0 saturated carbocycles. The van der Waals surface area contributed by atoms with Gasteiger partial charge in [-0.2, -0.15) is 0 Å². The summed E-state index contributed by atoms with van der Waals surface area (Å²) >= 11 is 0.834. The second-order valence-electron chi connectivity index (χ2n) is 4.51. The second kappa shape index (κ2) is 8.31. The predicted octanol–water partition coefficient (Wildman–Crippen LogP) is 2.03. The summed E-state index contributed by atoms with van der Waals surface area (Å²) in [6, 6.07) is 0. The van der Waals surface area contributed by atoms with E-state index < -0.39 is 9.84 Å². The van der Waals surface area contributed by atoms with Crippen molar-refractivity contribution >= 4 is 27.1 Å². The van der Waals surface area contributed by atoms with Gasteiger partial charge in [0.1, 0.15) is 0 Å². The molecule has 1 N–H and O–H groups in total. The standard InChI is InChI=1S/C12H21N3O3S2/c1-3-5-6-7-8-13-10(16)11-14-15-12(19-11)20(17,18)9-4-2/h3-9H2,1-2H3,(H,13,16). The molecule has 1 aromatic rings. The first-order chi connectivity index (χ1) is 9.51. The van der Waals surface area contributed by atoms with Gasteiger partial charge >= 0.3 is 0 Å². The molecular weight excluding hydrogens is 298 g/mol. The normalized spacial score (nSPS) is 11.5. The molecule has 1 heterocycles. The zero-order valence-electron chi connectivity index (χ0n) is 11.9. The molecule has 6 nitrogen and oxygen atoms in total. The lowest BCUT2D eigenvalue weighted by Crippen LogP contribution is -2.24. The van der Waals surface area contributed by atoms with Gasteiger partial charge in [0, 0.05) is 6.54 Å². The summed E-state index contributed by atoms with van der Waals surface area (Å²) in [5.74, 6) is -0.322. The van der Waals surface area contributed by atoms with E-state index in [9.17, 15) is 13.2 Å². The van der Waals surface area contributed by atoms with Crippen LogP contribution in [0.25, 0.3) is 0 Å². The largest absolute Gasteiger partial charge is 0.350 e. The van der Waals surface area contributed by atoms with Crippen LogP contribution in [0.1, 0.15) is 55.8 Å². The topological polar surface area (TPSA) is 89.0 Å². The number of hydrogen-bond acceptors (Lipinski definition) is 6. The fraction of sp³-hybridized carbons (Fsp3) is 0.750. The van der Waals surface area contributed by atoms with Crippen LogP contribution in [0.2, 0.25) is 0 Å². The van der Waals surface area contributed by atoms with Crippen molar-refractivity contribution in [1.29, 1.82) is 0 Å². The summed E-state index contributed by atoms with van der Waals surface area (Å²) in [6.07, 6.45) is 4.79. The minimum absolute atomic E-state index is 0.0280. The molecule has 1 amide bonds. The summed E-state index contributed by atoms with van der Waals surface area (Å²) in [6.45, 7) is 4.48. The van der Waals surface area contributed by atoms with Crippen LogP contribution in [0.3, 0.4) is 0 Å². The van der Waals surface area contributed by atoms with Crippen LogP contribution in [0.15, 0.2) is 4.34 Å². The molecule has 0 bridgehead atoms. The molecule has 0 saturated heterocycles. The van der Waals surface area contributed by atoms with Gasteiger partial charge < -0.3 is 5.32 Å². The van der Waals surface area contributed by atoms with Crippen molar-refractivity contribution in [1.82, 2.24) is 15.5 Å². The summed E-state index contributed by atoms with van der Waals surface area (Å²) in [5, 5.41) is 10.1. The second-order valence-corrected chi connectivity index (χ2v) is 7.77. The third-order valence-corrected chi connectivity index (χ3v) is 5.94. The van der Waals surface area contributed by atoms with E-state index in [0.29, 0.717) is 13.0 Å². The molecule has 1 aromatic heterocycles. The zero-order valence-corrected chi connectivity index (χ0v) is 13.5. The first-order valence-electron chi connectivity index (χ1n) is 6.85. The van der Waals surface area contributed by atoms with Gasteiger partial charge in [-0.15, -0.1) is 10.2 Å². The molecule has 1 rings (SSSR count). The van der Waals surface area contributed by atoms with Crippen LogP contribution in [-0.2, 0) is 9.84 Å². The Bertz CT molecular complexity index is 526. The number of unbranched alkanes of at least 4 members (excludes halogenated alkanes) is 3. The lowest BCUT2D eigenvalue weighted by molar-refractivity contribution is 0.0952. The average Bonchev–Trinajstić information content (AvgIpc) is 2.88. The Morgan fingerprint density at radius 2 is 1.90 bits per heavy atom. The SMILES string of the molecule is CCCCCCNC(=O)c1nnc(S(=O)(=O)CCC)s1. The van der Waals surface area contributed by atoms with Crippen molar-refractivity contribution < 1.29 is 13.2 Å². The number of amides is 1. The molecule has 0 aliphatic rings.